The highest BCUT2D eigenvalue weighted by Gasteiger charge is 2.24. The summed E-state index contributed by atoms with van der Waals surface area (Å²) in [5, 5.41) is 18.5. The largest absolute Gasteiger partial charge is 0.464 e. The fraction of sp³-hybridized carbons (Fsp3) is 0.150. The standard InChI is InChI=1S/C20H19BN4O2/c22-10-18(15-3-4-19-17(9-15)12-24-25-21(19)27)20(26)8-13-1-2-16-11-23-6-5-14(16)7-13/h1-7,9,11-12,18,25,27H,8,10,22H2. The number of pyridine rings is 1. The zero-order valence-corrected chi connectivity index (χ0v) is 14.7. The van der Waals surface area contributed by atoms with Crippen molar-refractivity contribution >= 4 is 35.3 Å². The molecule has 1 atom stereocenters. The normalized spacial score (nSPS) is 13.9. The summed E-state index contributed by atoms with van der Waals surface area (Å²) in [6.45, 7) is 0.229. The van der Waals surface area contributed by atoms with E-state index in [2.05, 4.69) is 15.4 Å². The maximum absolute atomic E-state index is 12.9. The predicted molar refractivity (Wildman–Crippen MR) is 107 cm³/mol. The Bertz CT molecular complexity index is 1040. The highest BCUT2D eigenvalue weighted by molar-refractivity contribution is 6.65. The molecule has 1 aliphatic heterocycles. The first-order chi connectivity index (χ1) is 13.2. The number of ketones is 1. The molecule has 0 amide bonds. The second-order valence-electron chi connectivity index (χ2n) is 6.67. The van der Waals surface area contributed by atoms with Crippen molar-refractivity contribution in [1.29, 1.82) is 0 Å². The summed E-state index contributed by atoms with van der Waals surface area (Å²) in [5.41, 5.74) is 9.25. The number of Topliss-reactive ketones (excluding diaryl/α,β-unsaturated/α-hetero) is 1. The minimum absolute atomic E-state index is 0.0669. The van der Waals surface area contributed by atoms with Gasteiger partial charge in [0.05, 0.1) is 12.1 Å². The summed E-state index contributed by atoms with van der Waals surface area (Å²) < 4.78 is 0. The molecule has 4 rings (SSSR count). The van der Waals surface area contributed by atoms with Gasteiger partial charge in [-0.1, -0.05) is 30.3 Å². The zero-order valence-electron chi connectivity index (χ0n) is 14.7. The average molecular weight is 358 g/mol. The van der Waals surface area contributed by atoms with Crippen molar-refractivity contribution in [2.24, 2.45) is 10.8 Å². The van der Waals surface area contributed by atoms with E-state index in [9.17, 15) is 9.82 Å². The second kappa shape index (κ2) is 7.30. The van der Waals surface area contributed by atoms with Gasteiger partial charge in [0.2, 0.25) is 0 Å². The first-order valence-corrected chi connectivity index (χ1v) is 8.81. The Kier molecular flexibility index (Phi) is 4.70. The number of hydrogen-bond donors (Lipinski definition) is 3. The Morgan fingerprint density at radius 1 is 1.19 bits per heavy atom. The molecule has 7 heteroatoms. The van der Waals surface area contributed by atoms with E-state index in [-0.39, 0.29) is 12.3 Å². The van der Waals surface area contributed by atoms with Crippen LogP contribution in [0, 0.1) is 0 Å². The molecule has 0 saturated carbocycles. The van der Waals surface area contributed by atoms with E-state index in [4.69, 9.17) is 5.73 Å². The number of rotatable bonds is 5. The Hall–Kier alpha value is -3.03. The number of nitrogens with two attached hydrogens (primary N) is 1. The quantitative estimate of drug-likeness (QED) is 0.584. The predicted octanol–water partition coefficient (Wildman–Crippen LogP) is 0.713. The van der Waals surface area contributed by atoms with Crippen LogP contribution in [0.3, 0.4) is 0 Å². The third kappa shape index (κ3) is 3.47. The molecule has 3 aromatic rings. The molecule has 134 valence electrons. The molecule has 2 heterocycles. The lowest BCUT2D eigenvalue weighted by atomic mass is 9.71. The molecule has 1 aliphatic rings. The van der Waals surface area contributed by atoms with Crippen molar-refractivity contribution in [3.63, 3.8) is 0 Å². The zero-order chi connectivity index (χ0) is 18.8. The number of nitrogens with zero attached hydrogens (tertiary/aromatic N) is 2. The van der Waals surface area contributed by atoms with E-state index < -0.39 is 13.0 Å². The van der Waals surface area contributed by atoms with E-state index in [1.165, 1.54) is 0 Å². The number of benzene rings is 2. The molecule has 0 spiro atoms. The summed E-state index contributed by atoms with van der Waals surface area (Å²) in [7, 11) is -0.835. The van der Waals surface area contributed by atoms with Gasteiger partial charge < -0.3 is 16.1 Å². The SMILES string of the molecule is NCC(C(=O)Cc1ccc2cnccc2c1)c1ccc2c(c1)C=NNB2O. The number of nitrogens with one attached hydrogen (secondary N) is 1. The fourth-order valence-corrected chi connectivity index (χ4v) is 3.44. The van der Waals surface area contributed by atoms with Gasteiger partial charge in [-0.3, -0.25) is 9.78 Å². The molecular formula is C20H19BN4O2. The number of fused-ring (bicyclic) bond motifs is 2. The molecule has 0 fully saturated rings. The van der Waals surface area contributed by atoms with Crippen molar-refractivity contribution in [3.05, 3.63) is 71.5 Å². The summed E-state index contributed by atoms with van der Waals surface area (Å²) in [6.07, 6.45) is 5.51. The molecule has 1 aromatic heterocycles. The Morgan fingerprint density at radius 3 is 2.93 bits per heavy atom. The van der Waals surface area contributed by atoms with Crippen molar-refractivity contribution in [2.45, 2.75) is 12.3 Å². The second-order valence-corrected chi connectivity index (χ2v) is 6.67. The Balaban J connectivity index is 1.58. The van der Waals surface area contributed by atoms with Crippen LogP contribution in [-0.2, 0) is 11.2 Å². The lowest BCUT2D eigenvalue weighted by Crippen LogP contribution is -2.47. The fourth-order valence-electron chi connectivity index (χ4n) is 3.44. The number of carbonyl (C=O) groups is 1. The lowest BCUT2D eigenvalue weighted by Gasteiger charge is -2.19. The van der Waals surface area contributed by atoms with Gasteiger partial charge in [0.15, 0.2) is 0 Å². The molecule has 1 unspecified atom stereocenters. The molecular weight excluding hydrogens is 339 g/mol. The van der Waals surface area contributed by atoms with Gasteiger partial charge >= 0.3 is 7.05 Å². The van der Waals surface area contributed by atoms with E-state index >= 15 is 0 Å². The van der Waals surface area contributed by atoms with Gasteiger partial charge in [0, 0.05) is 30.7 Å². The van der Waals surface area contributed by atoms with Crippen LogP contribution in [0.4, 0.5) is 0 Å². The Labute approximate surface area is 157 Å². The average Bonchev–Trinajstić information content (AvgIpc) is 2.68. The summed E-state index contributed by atoms with van der Waals surface area (Å²) in [6, 6.07) is 13.4. The van der Waals surface area contributed by atoms with Gasteiger partial charge in [-0.15, -0.1) is 0 Å². The number of aromatic nitrogens is 1. The van der Waals surface area contributed by atoms with E-state index in [0.717, 1.165) is 32.9 Å². The molecule has 0 aliphatic carbocycles. The molecule has 6 nitrogen and oxygen atoms in total. The molecule has 27 heavy (non-hydrogen) atoms. The minimum Gasteiger partial charge on any atom is -0.428 e. The molecule has 4 N–H and O–H groups in total. The van der Waals surface area contributed by atoms with Crippen LogP contribution in [0.15, 0.2) is 60.0 Å². The molecule has 0 bridgehead atoms. The summed E-state index contributed by atoms with van der Waals surface area (Å²) in [4.78, 5) is 17.0. The number of hydrazone groups is 1. The number of carbonyl (C=O) groups excluding carboxylic acids is 1. The van der Waals surface area contributed by atoms with Crippen molar-refractivity contribution in [2.75, 3.05) is 6.54 Å². The summed E-state index contributed by atoms with van der Waals surface area (Å²) >= 11 is 0. The van der Waals surface area contributed by atoms with Crippen molar-refractivity contribution < 1.29 is 9.82 Å². The van der Waals surface area contributed by atoms with Crippen LogP contribution in [0.2, 0.25) is 0 Å². The van der Waals surface area contributed by atoms with Gasteiger partial charge in [-0.05, 0) is 39.7 Å². The monoisotopic (exact) mass is 358 g/mol. The van der Waals surface area contributed by atoms with Crippen LogP contribution in [0.25, 0.3) is 10.8 Å². The highest BCUT2D eigenvalue weighted by Crippen LogP contribution is 2.21. The van der Waals surface area contributed by atoms with Gasteiger partial charge in [0.1, 0.15) is 5.78 Å². The highest BCUT2D eigenvalue weighted by atomic mass is 16.2. The lowest BCUT2D eigenvalue weighted by molar-refractivity contribution is -0.119. The van der Waals surface area contributed by atoms with Crippen LogP contribution in [-0.4, -0.2) is 35.6 Å². The maximum atomic E-state index is 12.9. The van der Waals surface area contributed by atoms with Gasteiger partial charge in [0.25, 0.3) is 0 Å². The molecule has 0 radical (unpaired) electrons. The van der Waals surface area contributed by atoms with E-state index in [1.54, 1.807) is 12.4 Å². The third-order valence-electron chi connectivity index (χ3n) is 4.92. The first kappa shape index (κ1) is 17.4. The third-order valence-corrected chi connectivity index (χ3v) is 4.92. The van der Waals surface area contributed by atoms with Crippen LogP contribution < -0.4 is 16.5 Å². The number of hydrogen-bond acceptors (Lipinski definition) is 6. The maximum Gasteiger partial charge on any atom is 0.464 e. The molecule has 0 saturated heterocycles. The van der Waals surface area contributed by atoms with Crippen LogP contribution in [0.1, 0.15) is 22.6 Å². The smallest absolute Gasteiger partial charge is 0.428 e. The Morgan fingerprint density at radius 2 is 2.07 bits per heavy atom. The van der Waals surface area contributed by atoms with E-state index in [0.29, 0.717) is 6.42 Å². The van der Waals surface area contributed by atoms with Crippen LogP contribution >= 0.6 is 0 Å². The van der Waals surface area contributed by atoms with Gasteiger partial charge in [-0.25, -0.2) is 0 Å². The minimum atomic E-state index is -0.835. The van der Waals surface area contributed by atoms with Crippen LogP contribution in [0.5, 0.6) is 0 Å². The topological polar surface area (TPSA) is 101 Å². The molecule has 2 aromatic carbocycles. The summed E-state index contributed by atoms with van der Waals surface area (Å²) in [5.74, 6) is -0.332. The van der Waals surface area contributed by atoms with Crippen molar-refractivity contribution in [3.8, 4) is 0 Å². The van der Waals surface area contributed by atoms with Crippen molar-refractivity contribution in [1.82, 2.24) is 10.3 Å². The first-order valence-electron chi connectivity index (χ1n) is 8.81. The van der Waals surface area contributed by atoms with E-state index in [1.807, 2.05) is 48.7 Å². The van der Waals surface area contributed by atoms with Gasteiger partial charge in [-0.2, -0.15) is 5.10 Å².